The maximum Gasteiger partial charge on any atom is 0.0417 e. The Labute approximate surface area is 118 Å². The Morgan fingerprint density at radius 2 is 1.95 bits per heavy atom. The van der Waals surface area contributed by atoms with Crippen molar-refractivity contribution >= 4 is 5.69 Å². The van der Waals surface area contributed by atoms with Gasteiger partial charge in [-0.05, 0) is 57.7 Å². The Morgan fingerprint density at radius 3 is 2.47 bits per heavy atom. The second kappa shape index (κ2) is 6.42. The van der Waals surface area contributed by atoms with E-state index in [1.54, 1.807) is 0 Å². The summed E-state index contributed by atoms with van der Waals surface area (Å²) < 4.78 is 0. The molecule has 0 amide bonds. The quantitative estimate of drug-likeness (QED) is 0.797. The lowest BCUT2D eigenvalue weighted by Crippen LogP contribution is -2.34. The third-order valence-corrected chi connectivity index (χ3v) is 4.15. The smallest absolute Gasteiger partial charge is 0.0417 e. The first kappa shape index (κ1) is 14.4. The van der Waals surface area contributed by atoms with Gasteiger partial charge in [0, 0.05) is 24.3 Å². The van der Waals surface area contributed by atoms with Crippen LogP contribution < -0.4 is 10.2 Å². The number of para-hydroxylation sites is 1. The van der Waals surface area contributed by atoms with E-state index in [1.807, 2.05) is 0 Å². The number of hydrogen-bond donors (Lipinski definition) is 1. The molecule has 1 atom stereocenters. The van der Waals surface area contributed by atoms with Gasteiger partial charge in [0.05, 0.1) is 0 Å². The molecule has 1 aromatic carbocycles. The summed E-state index contributed by atoms with van der Waals surface area (Å²) in [6.45, 7) is 8.08. The normalized spacial score (nSPS) is 16.7. The molecule has 19 heavy (non-hydrogen) atoms. The van der Waals surface area contributed by atoms with Crippen molar-refractivity contribution in [1.29, 1.82) is 0 Å². The van der Waals surface area contributed by atoms with Crippen molar-refractivity contribution in [1.82, 2.24) is 5.32 Å². The van der Waals surface area contributed by atoms with Crippen molar-refractivity contribution in [3.63, 3.8) is 0 Å². The molecule has 1 N–H and O–H groups in total. The van der Waals surface area contributed by atoms with Gasteiger partial charge < -0.3 is 10.2 Å². The fourth-order valence-corrected chi connectivity index (χ4v) is 2.79. The topological polar surface area (TPSA) is 15.3 Å². The molecule has 1 fully saturated rings. The Morgan fingerprint density at radius 1 is 1.26 bits per heavy atom. The summed E-state index contributed by atoms with van der Waals surface area (Å²) in [4.78, 5) is 2.59. The van der Waals surface area contributed by atoms with Crippen LogP contribution in [0.3, 0.4) is 0 Å². The van der Waals surface area contributed by atoms with Crippen LogP contribution in [0.25, 0.3) is 0 Å². The number of anilines is 1. The molecule has 0 bridgehead atoms. The number of nitrogens with zero attached hydrogens (tertiary/aromatic N) is 1. The highest BCUT2D eigenvalue weighted by atomic mass is 15.2. The largest absolute Gasteiger partial charge is 0.369 e. The van der Waals surface area contributed by atoms with Crippen LogP contribution in [0.2, 0.25) is 0 Å². The molecule has 1 aliphatic carbocycles. The molecule has 0 spiro atoms. The van der Waals surface area contributed by atoms with Gasteiger partial charge in [0.1, 0.15) is 0 Å². The molecule has 1 unspecified atom stereocenters. The van der Waals surface area contributed by atoms with Gasteiger partial charge in [0.2, 0.25) is 0 Å². The lowest BCUT2D eigenvalue weighted by molar-refractivity contribution is 0.567. The minimum atomic E-state index is 0.455. The standard InChI is InChI=1S/C17H28N2/c1-5-16(18-4)15-8-6-7-9-17(15)19(13(2)3)12-14-10-11-14/h6-9,13-14,16,18H,5,10-12H2,1-4H3. The summed E-state index contributed by atoms with van der Waals surface area (Å²) >= 11 is 0. The summed E-state index contributed by atoms with van der Waals surface area (Å²) in [6, 6.07) is 9.92. The first-order chi connectivity index (χ1) is 9.17. The van der Waals surface area contributed by atoms with E-state index in [4.69, 9.17) is 0 Å². The zero-order valence-corrected chi connectivity index (χ0v) is 12.8. The SMILES string of the molecule is CCC(NC)c1ccccc1N(CC1CC1)C(C)C. The molecular weight excluding hydrogens is 232 g/mol. The monoisotopic (exact) mass is 260 g/mol. The average Bonchev–Trinajstić information content (AvgIpc) is 3.22. The summed E-state index contributed by atoms with van der Waals surface area (Å²) in [5.41, 5.74) is 2.87. The highest BCUT2D eigenvalue weighted by Crippen LogP contribution is 2.35. The van der Waals surface area contributed by atoms with Crippen molar-refractivity contribution < 1.29 is 0 Å². The first-order valence-corrected chi connectivity index (χ1v) is 7.70. The summed E-state index contributed by atoms with van der Waals surface area (Å²) in [5, 5.41) is 3.44. The van der Waals surface area contributed by atoms with Gasteiger partial charge in [-0.1, -0.05) is 25.1 Å². The zero-order chi connectivity index (χ0) is 13.8. The Kier molecular flexibility index (Phi) is 4.87. The lowest BCUT2D eigenvalue weighted by atomic mass is 10.0. The van der Waals surface area contributed by atoms with Crippen LogP contribution in [-0.2, 0) is 0 Å². The van der Waals surface area contributed by atoms with Crippen molar-refractivity contribution in [2.45, 2.75) is 52.1 Å². The molecule has 1 aliphatic rings. The first-order valence-electron chi connectivity index (χ1n) is 7.70. The molecule has 0 heterocycles. The van der Waals surface area contributed by atoms with E-state index in [-0.39, 0.29) is 0 Å². The van der Waals surface area contributed by atoms with E-state index in [9.17, 15) is 0 Å². The molecule has 0 radical (unpaired) electrons. The van der Waals surface area contributed by atoms with Gasteiger partial charge in [-0.15, -0.1) is 0 Å². The predicted molar refractivity (Wildman–Crippen MR) is 83.7 cm³/mol. The van der Waals surface area contributed by atoms with E-state index in [1.165, 1.54) is 30.6 Å². The highest BCUT2D eigenvalue weighted by Gasteiger charge is 2.27. The molecule has 2 rings (SSSR count). The molecule has 2 heteroatoms. The Bertz CT molecular complexity index is 392. The molecule has 1 saturated carbocycles. The van der Waals surface area contributed by atoms with Crippen molar-refractivity contribution in [2.24, 2.45) is 5.92 Å². The maximum atomic E-state index is 3.44. The van der Waals surface area contributed by atoms with Gasteiger partial charge in [-0.3, -0.25) is 0 Å². The second-order valence-corrected chi connectivity index (χ2v) is 6.00. The van der Waals surface area contributed by atoms with Crippen LogP contribution >= 0.6 is 0 Å². The molecule has 1 aromatic rings. The van der Waals surface area contributed by atoms with Crippen LogP contribution in [0.15, 0.2) is 24.3 Å². The Hall–Kier alpha value is -1.02. The van der Waals surface area contributed by atoms with Gasteiger partial charge in [-0.25, -0.2) is 0 Å². The molecule has 0 aliphatic heterocycles. The number of benzene rings is 1. The van der Waals surface area contributed by atoms with Gasteiger partial charge in [0.25, 0.3) is 0 Å². The van der Waals surface area contributed by atoms with Crippen LogP contribution in [0.1, 0.15) is 51.6 Å². The van der Waals surface area contributed by atoms with Crippen molar-refractivity contribution in [2.75, 3.05) is 18.5 Å². The lowest BCUT2D eigenvalue weighted by Gasteiger charge is -2.33. The van der Waals surface area contributed by atoms with E-state index in [2.05, 4.69) is 62.3 Å². The minimum absolute atomic E-state index is 0.455. The van der Waals surface area contributed by atoms with Crippen LogP contribution in [0, 0.1) is 5.92 Å². The van der Waals surface area contributed by atoms with Crippen LogP contribution in [-0.4, -0.2) is 19.6 Å². The molecule has 106 valence electrons. The van der Waals surface area contributed by atoms with Crippen LogP contribution in [0.5, 0.6) is 0 Å². The summed E-state index contributed by atoms with van der Waals surface area (Å²) in [7, 11) is 2.06. The van der Waals surface area contributed by atoms with E-state index in [0.717, 1.165) is 12.3 Å². The summed E-state index contributed by atoms with van der Waals surface area (Å²) in [5.74, 6) is 0.921. The molecule has 0 saturated heterocycles. The molecular formula is C17H28N2. The zero-order valence-electron chi connectivity index (χ0n) is 12.8. The van der Waals surface area contributed by atoms with E-state index < -0.39 is 0 Å². The van der Waals surface area contributed by atoms with Crippen molar-refractivity contribution in [3.05, 3.63) is 29.8 Å². The molecule has 0 aromatic heterocycles. The van der Waals surface area contributed by atoms with E-state index >= 15 is 0 Å². The maximum absolute atomic E-state index is 3.44. The van der Waals surface area contributed by atoms with E-state index in [0.29, 0.717) is 12.1 Å². The average molecular weight is 260 g/mol. The van der Waals surface area contributed by atoms with Gasteiger partial charge in [-0.2, -0.15) is 0 Å². The summed E-state index contributed by atoms with van der Waals surface area (Å²) in [6.07, 6.45) is 3.95. The third-order valence-electron chi connectivity index (χ3n) is 4.15. The van der Waals surface area contributed by atoms with Gasteiger partial charge >= 0.3 is 0 Å². The predicted octanol–water partition coefficient (Wildman–Crippen LogP) is 3.98. The second-order valence-electron chi connectivity index (χ2n) is 6.00. The Balaban J connectivity index is 2.29. The fourth-order valence-electron chi connectivity index (χ4n) is 2.79. The minimum Gasteiger partial charge on any atom is -0.369 e. The number of hydrogen-bond acceptors (Lipinski definition) is 2. The number of rotatable bonds is 7. The van der Waals surface area contributed by atoms with Crippen LogP contribution in [0.4, 0.5) is 5.69 Å². The molecule has 2 nitrogen and oxygen atoms in total. The van der Waals surface area contributed by atoms with Gasteiger partial charge in [0.15, 0.2) is 0 Å². The highest BCUT2D eigenvalue weighted by molar-refractivity contribution is 5.56. The fraction of sp³-hybridized carbons (Fsp3) is 0.647. The number of nitrogens with one attached hydrogen (secondary N) is 1. The van der Waals surface area contributed by atoms with Crippen molar-refractivity contribution in [3.8, 4) is 0 Å². The third kappa shape index (κ3) is 3.50.